The Morgan fingerprint density at radius 2 is 1.23 bits per heavy atom. The van der Waals surface area contributed by atoms with E-state index in [1.165, 1.54) is 133 Å². The van der Waals surface area contributed by atoms with Crippen LogP contribution in [0.1, 0.15) is 194 Å². The quantitative estimate of drug-likeness (QED) is 0.0719. The number of unbranched alkanes of at least 4 members (excludes halogenated alkanes) is 14. The highest BCUT2D eigenvalue weighted by Gasteiger charge is 2.44. The van der Waals surface area contributed by atoms with Crippen molar-refractivity contribution in [2.24, 2.45) is 0 Å². The average molecular weight is 884 g/mol. The Bertz CT molecular complexity index is 2380. The normalized spacial score (nSPS) is 17.9. The van der Waals surface area contributed by atoms with Crippen LogP contribution in [0.15, 0.2) is 99.3 Å². The first-order valence-electron chi connectivity index (χ1n) is 25.9. The van der Waals surface area contributed by atoms with Crippen molar-refractivity contribution in [3.05, 3.63) is 127 Å². The molecule has 0 unspecified atom stereocenters. The van der Waals surface area contributed by atoms with Crippen molar-refractivity contribution in [1.29, 1.82) is 0 Å². The average Bonchev–Trinajstić information content (AvgIpc) is 3.65. The van der Waals surface area contributed by atoms with Gasteiger partial charge in [0.05, 0.1) is 5.41 Å². The number of hydrogen-bond acceptors (Lipinski definition) is 4. The number of nitrogens with zero attached hydrogens (tertiary/aromatic N) is 4. The molecule has 352 valence electrons. The fourth-order valence-corrected chi connectivity index (χ4v) is 11.0. The lowest BCUT2D eigenvalue weighted by Crippen LogP contribution is -2.41. The molecule has 2 aliphatic heterocycles. The summed E-state index contributed by atoms with van der Waals surface area (Å²) in [6, 6.07) is 17.7. The zero-order chi connectivity index (χ0) is 46.6. The Balaban J connectivity index is 1.44. The Morgan fingerprint density at radius 3 is 1.88 bits per heavy atom. The maximum absolute atomic E-state index is 14.6. The molecule has 1 N–H and O–H groups in total. The molecule has 0 saturated heterocycles. The Morgan fingerprint density at radius 1 is 0.646 bits per heavy atom. The van der Waals surface area contributed by atoms with Gasteiger partial charge in [0.15, 0.2) is 5.71 Å². The molecule has 3 heterocycles. The summed E-state index contributed by atoms with van der Waals surface area (Å²) in [5.74, 6) is -0.240. The van der Waals surface area contributed by atoms with E-state index in [1.54, 1.807) is 0 Å². The number of allylic oxidation sites excluding steroid dienone is 8. The van der Waals surface area contributed by atoms with E-state index in [0.29, 0.717) is 0 Å². The number of aromatic nitrogens is 2. The van der Waals surface area contributed by atoms with E-state index in [1.807, 2.05) is 13.8 Å². The molecule has 7 heteroatoms. The molecule has 0 bridgehead atoms. The summed E-state index contributed by atoms with van der Waals surface area (Å²) in [5.41, 5.74) is 9.43. The number of benzene rings is 2. The summed E-state index contributed by atoms with van der Waals surface area (Å²) in [6.07, 6.45) is 31.9. The van der Waals surface area contributed by atoms with Crippen LogP contribution in [0.2, 0.25) is 0 Å². The number of anilines is 1. The molecule has 1 aliphatic carbocycles. The van der Waals surface area contributed by atoms with Crippen LogP contribution >= 0.6 is 0 Å². The van der Waals surface area contributed by atoms with Crippen LogP contribution in [0.25, 0.3) is 5.57 Å². The summed E-state index contributed by atoms with van der Waals surface area (Å²) in [6.45, 7) is 20.0. The minimum absolute atomic E-state index is 0.222. The number of fused-ring (bicyclic) bond motifs is 2. The fraction of sp³-hybridized carbons (Fsp3) is 0.569. The highest BCUT2D eigenvalue weighted by Crippen LogP contribution is 2.48. The van der Waals surface area contributed by atoms with Crippen LogP contribution < -0.4 is 16.1 Å². The van der Waals surface area contributed by atoms with Gasteiger partial charge >= 0.3 is 5.69 Å². The van der Waals surface area contributed by atoms with Crippen LogP contribution in [0.3, 0.4) is 0 Å². The van der Waals surface area contributed by atoms with Crippen molar-refractivity contribution >= 4 is 22.7 Å². The minimum Gasteiger partial charge on any atom is -0.494 e. The van der Waals surface area contributed by atoms with Crippen molar-refractivity contribution < 1.29 is 9.68 Å². The van der Waals surface area contributed by atoms with E-state index in [9.17, 15) is 14.7 Å². The predicted molar refractivity (Wildman–Crippen MR) is 275 cm³/mol. The number of hydrogen-bond donors (Lipinski definition) is 1. The van der Waals surface area contributed by atoms with Gasteiger partial charge in [0.1, 0.15) is 12.1 Å². The third-order valence-corrected chi connectivity index (χ3v) is 14.8. The second kappa shape index (κ2) is 23.2. The van der Waals surface area contributed by atoms with Gasteiger partial charge in [0, 0.05) is 60.6 Å². The molecular formula is C58H83N4O3+. The van der Waals surface area contributed by atoms with E-state index in [4.69, 9.17) is 0 Å². The van der Waals surface area contributed by atoms with Crippen LogP contribution in [0.5, 0.6) is 5.88 Å². The molecule has 7 nitrogen and oxygen atoms in total. The Kier molecular flexibility index (Phi) is 17.8. The highest BCUT2D eigenvalue weighted by molar-refractivity contribution is 6.03. The topological polar surface area (TPSA) is 70.5 Å². The van der Waals surface area contributed by atoms with Gasteiger partial charge in [-0.15, -0.1) is 0 Å². The summed E-state index contributed by atoms with van der Waals surface area (Å²) < 4.78 is 5.18. The van der Waals surface area contributed by atoms with E-state index < -0.39 is 11.2 Å². The summed E-state index contributed by atoms with van der Waals surface area (Å²) in [7, 11) is 0. The van der Waals surface area contributed by atoms with Crippen molar-refractivity contribution in [3.8, 4) is 5.88 Å². The van der Waals surface area contributed by atoms with Crippen molar-refractivity contribution in [1.82, 2.24) is 9.13 Å². The maximum atomic E-state index is 14.6. The molecule has 3 aromatic rings. The van der Waals surface area contributed by atoms with Gasteiger partial charge in [-0.05, 0) is 94.2 Å². The summed E-state index contributed by atoms with van der Waals surface area (Å²) in [4.78, 5) is 30.7. The summed E-state index contributed by atoms with van der Waals surface area (Å²) in [5, 5.41) is 12.0. The lowest BCUT2D eigenvalue weighted by atomic mass is 9.80. The Hall–Kier alpha value is -4.65. The van der Waals surface area contributed by atoms with Crippen molar-refractivity contribution in [3.63, 3.8) is 0 Å². The van der Waals surface area contributed by atoms with Crippen molar-refractivity contribution in [2.45, 2.75) is 201 Å². The molecule has 1 aromatic heterocycles. The lowest BCUT2D eigenvalue weighted by Gasteiger charge is -2.28. The third kappa shape index (κ3) is 11.0. The van der Waals surface area contributed by atoms with Gasteiger partial charge in [-0.2, -0.15) is 4.58 Å². The van der Waals surface area contributed by atoms with Crippen LogP contribution in [-0.4, -0.2) is 37.6 Å². The van der Waals surface area contributed by atoms with E-state index >= 15 is 0 Å². The zero-order valence-corrected chi connectivity index (χ0v) is 41.7. The second-order valence-corrected chi connectivity index (χ2v) is 20.0. The van der Waals surface area contributed by atoms with Crippen LogP contribution in [-0.2, 0) is 23.9 Å². The number of para-hydroxylation sites is 2. The van der Waals surface area contributed by atoms with Gasteiger partial charge in [0.25, 0.3) is 5.56 Å². The Labute approximate surface area is 392 Å². The first-order valence-corrected chi connectivity index (χ1v) is 25.9. The molecule has 6 rings (SSSR count). The van der Waals surface area contributed by atoms with E-state index in [2.05, 4.69) is 124 Å². The molecule has 3 aliphatic rings. The lowest BCUT2D eigenvalue weighted by molar-refractivity contribution is -0.438. The van der Waals surface area contributed by atoms with Gasteiger partial charge in [-0.25, -0.2) is 4.79 Å². The molecule has 0 atom stereocenters. The van der Waals surface area contributed by atoms with Gasteiger partial charge in [-0.3, -0.25) is 13.9 Å². The molecule has 0 radical (unpaired) electrons. The van der Waals surface area contributed by atoms with Gasteiger partial charge < -0.3 is 10.0 Å². The maximum Gasteiger partial charge on any atom is 0.333 e. The highest BCUT2D eigenvalue weighted by atomic mass is 16.3. The molecule has 0 saturated carbocycles. The minimum atomic E-state index is -0.470. The largest absolute Gasteiger partial charge is 0.494 e. The van der Waals surface area contributed by atoms with Crippen molar-refractivity contribution in [2.75, 3.05) is 18.0 Å². The van der Waals surface area contributed by atoms with Crippen LogP contribution in [0.4, 0.5) is 11.4 Å². The van der Waals surface area contributed by atoms with E-state index in [-0.39, 0.29) is 35.4 Å². The number of rotatable bonds is 24. The second-order valence-electron chi connectivity index (χ2n) is 20.0. The van der Waals surface area contributed by atoms with Gasteiger partial charge in [-0.1, -0.05) is 160 Å². The molecule has 2 aromatic carbocycles. The molecule has 0 spiro atoms. The molecule has 0 fully saturated rings. The first kappa shape index (κ1) is 49.8. The fourth-order valence-electron chi connectivity index (χ4n) is 11.0. The smallest absolute Gasteiger partial charge is 0.333 e. The standard InChI is InChI=1S/C58H82N4O3/c1-9-13-15-17-19-21-23-29-42-61-48-36-27-25-34-46(48)57(5,6)50(61)40-38-44-32-31-33-45(52(44)53-54(63)59(11-3)56(65)60(12-4)55(53)64)39-41-51-58(7,8)47-35-26-28-37-49(47)62(51)43-30-24-22-20-18-16-14-10-2/h25-28,34-41H,9-24,29-33,42-43H2,1-8H3/p+1/b44-38+,50-40+. The predicted octanol–water partition coefficient (Wildman–Crippen LogP) is 14.2. The molecule has 65 heavy (non-hydrogen) atoms. The molecular weight excluding hydrogens is 801 g/mol. The zero-order valence-electron chi connectivity index (χ0n) is 41.7. The van der Waals surface area contributed by atoms with E-state index in [0.717, 1.165) is 61.9 Å². The monoisotopic (exact) mass is 884 g/mol. The van der Waals surface area contributed by atoms with Crippen LogP contribution in [0, 0.1) is 0 Å². The first-order chi connectivity index (χ1) is 31.4. The summed E-state index contributed by atoms with van der Waals surface area (Å²) >= 11 is 0. The van der Waals surface area contributed by atoms with Gasteiger partial charge in [0.2, 0.25) is 11.6 Å². The SMILES string of the molecule is CCCCCCCCCCN1/C(=C/C=C2\CCCC(/C=C/C3=[N+](CCCCCCCCCC)c4ccccc4C3(C)C)=C2c2c(O)n(CC)c(=O)n(CC)c2=O)C(C)(C)c2ccccc21. The number of aromatic hydroxyl groups is 1. The third-order valence-electron chi connectivity index (χ3n) is 14.8. The molecule has 0 amide bonds.